The van der Waals surface area contributed by atoms with E-state index in [0.717, 1.165) is 37.0 Å². The number of aromatic nitrogens is 2. The Bertz CT molecular complexity index is 973. The van der Waals surface area contributed by atoms with Crippen LogP contribution in [0.25, 0.3) is 11.0 Å². The van der Waals surface area contributed by atoms with Gasteiger partial charge in [-0.1, -0.05) is 44.2 Å². The fourth-order valence-electron chi connectivity index (χ4n) is 5.46. The van der Waals surface area contributed by atoms with Gasteiger partial charge in [-0.25, -0.2) is 4.98 Å². The summed E-state index contributed by atoms with van der Waals surface area (Å²) in [5.74, 6) is 0.0492. The fourth-order valence-corrected chi connectivity index (χ4v) is 5.46. The first kappa shape index (κ1) is 23.7. The van der Waals surface area contributed by atoms with Crippen LogP contribution in [0, 0.1) is 0 Å². The molecule has 1 aromatic carbocycles. The standard InChI is InChI=1S/C26H38N4O3/c1-2-33-24(31)14-17-27-25-26(32)30(23-13-9-8-12-22(23)28-25)21-15-18-29(19-16-21)20-10-6-4-3-5-7-11-20/h8-9,12-13,20-21H,2-7,10-11,14-19H2,1H3,(H,27,28). The smallest absolute Gasteiger partial charge is 0.307 e. The van der Waals surface area contributed by atoms with Crippen LogP contribution >= 0.6 is 0 Å². The minimum absolute atomic E-state index is 0.0954. The van der Waals surface area contributed by atoms with Crippen LogP contribution in [0.2, 0.25) is 0 Å². The Labute approximate surface area is 196 Å². The average molecular weight is 455 g/mol. The number of esters is 1. The molecule has 0 radical (unpaired) electrons. The summed E-state index contributed by atoms with van der Waals surface area (Å²) in [6.07, 6.45) is 11.6. The number of para-hydroxylation sites is 2. The second kappa shape index (κ2) is 11.6. The average Bonchev–Trinajstić information content (AvgIpc) is 2.80. The van der Waals surface area contributed by atoms with Crippen molar-refractivity contribution in [1.82, 2.24) is 14.5 Å². The Morgan fingerprint density at radius 2 is 1.73 bits per heavy atom. The molecule has 33 heavy (non-hydrogen) atoms. The van der Waals surface area contributed by atoms with E-state index in [9.17, 15) is 9.59 Å². The van der Waals surface area contributed by atoms with Crippen molar-refractivity contribution in [1.29, 1.82) is 0 Å². The Morgan fingerprint density at radius 1 is 1.03 bits per heavy atom. The molecule has 1 N–H and O–H groups in total. The lowest BCUT2D eigenvalue weighted by atomic mass is 9.93. The van der Waals surface area contributed by atoms with Crippen LogP contribution in [0.3, 0.4) is 0 Å². The number of likely N-dealkylation sites (tertiary alicyclic amines) is 1. The van der Waals surface area contributed by atoms with Gasteiger partial charge in [0.1, 0.15) is 0 Å². The molecule has 7 heteroatoms. The molecule has 2 aromatic rings. The molecule has 180 valence electrons. The number of piperidine rings is 1. The van der Waals surface area contributed by atoms with Crippen molar-refractivity contribution in [3.8, 4) is 0 Å². The van der Waals surface area contributed by atoms with Crippen molar-refractivity contribution >= 4 is 22.8 Å². The highest BCUT2D eigenvalue weighted by Gasteiger charge is 2.28. The minimum atomic E-state index is -0.271. The van der Waals surface area contributed by atoms with Gasteiger partial charge < -0.3 is 19.5 Å². The van der Waals surface area contributed by atoms with Crippen LogP contribution < -0.4 is 10.9 Å². The van der Waals surface area contributed by atoms with E-state index in [2.05, 4.69) is 15.2 Å². The topological polar surface area (TPSA) is 76.5 Å². The predicted octanol–water partition coefficient (Wildman–Crippen LogP) is 4.51. The van der Waals surface area contributed by atoms with Gasteiger partial charge in [0, 0.05) is 31.7 Å². The molecule has 1 saturated carbocycles. The quantitative estimate of drug-likeness (QED) is 0.620. The number of carbonyl (C=O) groups excluding carboxylic acids is 1. The third kappa shape index (κ3) is 5.94. The van der Waals surface area contributed by atoms with Crippen LogP contribution in [0.5, 0.6) is 0 Å². The molecule has 0 spiro atoms. The molecule has 0 atom stereocenters. The van der Waals surface area contributed by atoms with Crippen molar-refractivity contribution in [2.75, 3.05) is 31.6 Å². The first-order valence-corrected chi connectivity index (χ1v) is 12.8. The number of hydrogen-bond donors (Lipinski definition) is 1. The molecule has 2 fully saturated rings. The third-order valence-corrected chi connectivity index (χ3v) is 7.18. The Hall–Kier alpha value is -2.41. The molecule has 2 heterocycles. The molecule has 7 nitrogen and oxygen atoms in total. The second-order valence-corrected chi connectivity index (χ2v) is 9.37. The monoisotopic (exact) mass is 454 g/mol. The first-order valence-electron chi connectivity index (χ1n) is 12.8. The predicted molar refractivity (Wildman–Crippen MR) is 132 cm³/mol. The molecule has 1 aliphatic carbocycles. The molecular formula is C26H38N4O3. The fraction of sp³-hybridized carbons (Fsp3) is 0.654. The number of ether oxygens (including phenoxy) is 1. The first-order chi connectivity index (χ1) is 16.2. The molecule has 0 unspecified atom stereocenters. The van der Waals surface area contributed by atoms with Crippen molar-refractivity contribution in [2.45, 2.75) is 83.2 Å². The number of nitrogens with zero attached hydrogens (tertiary/aromatic N) is 3. The second-order valence-electron chi connectivity index (χ2n) is 9.37. The van der Waals surface area contributed by atoms with Crippen molar-refractivity contribution in [3.63, 3.8) is 0 Å². The zero-order valence-electron chi connectivity index (χ0n) is 19.9. The summed E-state index contributed by atoms with van der Waals surface area (Å²) >= 11 is 0. The van der Waals surface area contributed by atoms with E-state index in [1.165, 1.54) is 44.9 Å². The Morgan fingerprint density at radius 3 is 2.45 bits per heavy atom. The number of fused-ring (bicyclic) bond motifs is 1. The molecule has 4 rings (SSSR count). The van der Waals surface area contributed by atoms with Gasteiger partial charge in [-0.3, -0.25) is 9.59 Å². The highest BCUT2D eigenvalue weighted by molar-refractivity contribution is 5.76. The van der Waals surface area contributed by atoms with Crippen LogP contribution in [0.4, 0.5) is 5.82 Å². The van der Waals surface area contributed by atoms with E-state index in [0.29, 0.717) is 25.0 Å². The van der Waals surface area contributed by atoms with Crippen molar-refractivity contribution in [3.05, 3.63) is 34.6 Å². The maximum atomic E-state index is 13.5. The van der Waals surface area contributed by atoms with Gasteiger partial charge in [0.2, 0.25) is 0 Å². The lowest BCUT2D eigenvalue weighted by Crippen LogP contribution is -2.43. The van der Waals surface area contributed by atoms with Crippen LogP contribution in [0.1, 0.15) is 77.2 Å². The van der Waals surface area contributed by atoms with Crippen molar-refractivity contribution < 1.29 is 9.53 Å². The molecular weight excluding hydrogens is 416 g/mol. The van der Waals surface area contributed by atoms with Crippen LogP contribution in [-0.2, 0) is 9.53 Å². The van der Waals surface area contributed by atoms with Gasteiger partial charge in [-0.05, 0) is 44.7 Å². The highest BCUT2D eigenvalue weighted by Crippen LogP contribution is 2.29. The maximum absolute atomic E-state index is 13.5. The van der Waals surface area contributed by atoms with Crippen molar-refractivity contribution in [2.24, 2.45) is 0 Å². The van der Waals surface area contributed by atoms with Gasteiger partial charge in [-0.15, -0.1) is 0 Å². The Balaban J connectivity index is 1.49. The largest absolute Gasteiger partial charge is 0.466 e. The summed E-state index contributed by atoms with van der Waals surface area (Å²) in [7, 11) is 0. The normalized spacial score (nSPS) is 19.2. The number of rotatable bonds is 7. The van der Waals surface area contributed by atoms with Gasteiger partial charge in [0.15, 0.2) is 5.82 Å². The summed E-state index contributed by atoms with van der Waals surface area (Å²) in [5, 5.41) is 3.09. The molecule has 0 amide bonds. The lowest BCUT2D eigenvalue weighted by molar-refractivity contribution is -0.142. The molecule has 1 aliphatic heterocycles. The van der Waals surface area contributed by atoms with Gasteiger partial charge >= 0.3 is 5.97 Å². The Kier molecular flexibility index (Phi) is 8.37. The summed E-state index contributed by atoms with van der Waals surface area (Å²) in [5.41, 5.74) is 1.60. The van der Waals surface area contributed by atoms with Gasteiger partial charge in [0.25, 0.3) is 5.56 Å². The van der Waals surface area contributed by atoms with Crippen LogP contribution in [-0.4, -0.2) is 52.7 Å². The summed E-state index contributed by atoms with van der Waals surface area (Å²) in [6, 6.07) is 8.73. The summed E-state index contributed by atoms with van der Waals surface area (Å²) in [6.45, 7) is 4.57. The number of nitrogens with one attached hydrogen (secondary N) is 1. The van der Waals surface area contributed by atoms with E-state index < -0.39 is 0 Å². The van der Waals surface area contributed by atoms with Gasteiger partial charge in [-0.2, -0.15) is 0 Å². The highest BCUT2D eigenvalue weighted by atomic mass is 16.5. The number of benzene rings is 1. The van der Waals surface area contributed by atoms with Crippen LogP contribution in [0.15, 0.2) is 29.1 Å². The maximum Gasteiger partial charge on any atom is 0.307 e. The zero-order valence-corrected chi connectivity index (χ0v) is 19.9. The summed E-state index contributed by atoms with van der Waals surface area (Å²) in [4.78, 5) is 32.4. The van der Waals surface area contributed by atoms with Gasteiger partial charge in [0.05, 0.1) is 24.1 Å². The number of hydrogen-bond acceptors (Lipinski definition) is 6. The molecule has 0 bridgehead atoms. The third-order valence-electron chi connectivity index (χ3n) is 7.18. The number of carbonyl (C=O) groups is 1. The minimum Gasteiger partial charge on any atom is -0.466 e. The number of anilines is 1. The summed E-state index contributed by atoms with van der Waals surface area (Å²) < 4.78 is 6.94. The van der Waals surface area contributed by atoms with E-state index in [4.69, 9.17) is 4.74 Å². The van der Waals surface area contributed by atoms with E-state index >= 15 is 0 Å². The van der Waals surface area contributed by atoms with E-state index in [1.54, 1.807) is 6.92 Å². The SMILES string of the molecule is CCOC(=O)CCNc1nc2ccccc2n(C2CCN(C3CCCCCCC3)CC2)c1=O. The molecule has 1 saturated heterocycles. The van der Waals surface area contributed by atoms with E-state index in [-0.39, 0.29) is 24.0 Å². The zero-order chi connectivity index (χ0) is 23.0. The molecule has 1 aromatic heterocycles. The van der Waals surface area contributed by atoms with E-state index in [1.807, 2.05) is 28.8 Å². The lowest BCUT2D eigenvalue weighted by Gasteiger charge is -2.39. The molecule has 2 aliphatic rings.